The summed E-state index contributed by atoms with van der Waals surface area (Å²) in [6, 6.07) is 5.76. The molecule has 1 aliphatic rings. The first-order chi connectivity index (χ1) is 11.0. The van der Waals surface area contributed by atoms with Crippen molar-refractivity contribution in [2.45, 2.75) is 25.3 Å². The van der Waals surface area contributed by atoms with Gasteiger partial charge in [-0.25, -0.2) is 4.79 Å². The standard InChI is InChI=1S/C16H20N2O5/c1-22-12-7-5-11(6-8-12)16(21)23-10-14(19)18-9-3-2-4-13(18)15(17)20/h5-8,13H,2-4,9-10H2,1H3,(H2,17,20)/t13-/m1/s1. The quantitative estimate of drug-likeness (QED) is 0.806. The molecule has 0 saturated carbocycles. The van der Waals surface area contributed by atoms with E-state index >= 15 is 0 Å². The highest BCUT2D eigenvalue weighted by molar-refractivity contribution is 5.92. The summed E-state index contributed by atoms with van der Waals surface area (Å²) in [5.74, 6) is -0.918. The summed E-state index contributed by atoms with van der Waals surface area (Å²) in [4.78, 5) is 36.9. The molecule has 1 fully saturated rings. The number of ether oxygens (including phenoxy) is 2. The van der Waals surface area contributed by atoms with Crippen LogP contribution in [-0.4, -0.2) is 49.0 Å². The van der Waals surface area contributed by atoms with E-state index in [1.165, 1.54) is 12.0 Å². The van der Waals surface area contributed by atoms with Gasteiger partial charge >= 0.3 is 5.97 Å². The van der Waals surface area contributed by atoms with Gasteiger partial charge in [-0.15, -0.1) is 0 Å². The van der Waals surface area contributed by atoms with Crippen molar-refractivity contribution < 1.29 is 23.9 Å². The Balaban J connectivity index is 1.92. The Morgan fingerprint density at radius 1 is 1.22 bits per heavy atom. The average molecular weight is 320 g/mol. The molecule has 0 aromatic heterocycles. The molecule has 1 aliphatic heterocycles. The van der Waals surface area contributed by atoms with E-state index in [4.69, 9.17) is 15.2 Å². The van der Waals surface area contributed by atoms with Gasteiger partial charge < -0.3 is 20.1 Å². The van der Waals surface area contributed by atoms with Crippen LogP contribution in [-0.2, 0) is 14.3 Å². The molecule has 23 heavy (non-hydrogen) atoms. The van der Waals surface area contributed by atoms with Gasteiger partial charge in [-0.05, 0) is 43.5 Å². The van der Waals surface area contributed by atoms with Gasteiger partial charge in [0.1, 0.15) is 11.8 Å². The summed E-state index contributed by atoms with van der Waals surface area (Å²) in [6.07, 6.45) is 2.21. The van der Waals surface area contributed by atoms with Crippen LogP contribution in [0.15, 0.2) is 24.3 Å². The van der Waals surface area contributed by atoms with Crippen molar-refractivity contribution in [1.82, 2.24) is 4.90 Å². The molecular weight excluding hydrogens is 300 g/mol. The molecule has 1 saturated heterocycles. The van der Waals surface area contributed by atoms with E-state index in [0.29, 0.717) is 24.3 Å². The maximum absolute atomic E-state index is 12.2. The van der Waals surface area contributed by atoms with Crippen LogP contribution in [0.4, 0.5) is 0 Å². The number of hydrogen-bond acceptors (Lipinski definition) is 5. The Kier molecular flexibility index (Phi) is 5.56. The lowest BCUT2D eigenvalue weighted by atomic mass is 10.0. The van der Waals surface area contributed by atoms with E-state index in [2.05, 4.69) is 0 Å². The summed E-state index contributed by atoms with van der Waals surface area (Å²) in [5.41, 5.74) is 5.64. The molecule has 2 rings (SSSR count). The predicted molar refractivity (Wildman–Crippen MR) is 81.8 cm³/mol. The molecule has 0 bridgehead atoms. The van der Waals surface area contributed by atoms with Crippen LogP contribution in [0.2, 0.25) is 0 Å². The number of esters is 1. The molecule has 1 aromatic carbocycles. The SMILES string of the molecule is COc1ccc(C(=O)OCC(=O)N2CCCC[C@@H]2C(N)=O)cc1. The average Bonchev–Trinajstić information content (AvgIpc) is 2.59. The van der Waals surface area contributed by atoms with Gasteiger partial charge in [0.25, 0.3) is 5.91 Å². The lowest BCUT2D eigenvalue weighted by Gasteiger charge is -2.33. The highest BCUT2D eigenvalue weighted by atomic mass is 16.5. The Morgan fingerprint density at radius 2 is 1.91 bits per heavy atom. The van der Waals surface area contributed by atoms with Crippen molar-refractivity contribution in [3.8, 4) is 5.75 Å². The van der Waals surface area contributed by atoms with Crippen molar-refractivity contribution in [1.29, 1.82) is 0 Å². The molecule has 1 heterocycles. The number of amides is 2. The number of piperidine rings is 1. The summed E-state index contributed by atoms with van der Waals surface area (Å²) >= 11 is 0. The summed E-state index contributed by atoms with van der Waals surface area (Å²) in [7, 11) is 1.53. The van der Waals surface area contributed by atoms with Gasteiger partial charge in [0.05, 0.1) is 12.7 Å². The lowest BCUT2D eigenvalue weighted by molar-refractivity contribution is -0.143. The fourth-order valence-corrected chi connectivity index (χ4v) is 2.55. The molecule has 1 atom stereocenters. The highest BCUT2D eigenvalue weighted by Crippen LogP contribution is 2.17. The van der Waals surface area contributed by atoms with Crippen molar-refractivity contribution in [2.24, 2.45) is 5.73 Å². The van der Waals surface area contributed by atoms with Gasteiger partial charge in [0.15, 0.2) is 6.61 Å². The number of likely N-dealkylation sites (tertiary alicyclic amines) is 1. The summed E-state index contributed by atoms with van der Waals surface area (Å²) < 4.78 is 10.0. The van der Waals surface area contributed by atoms with Crippen LogP contribution in [0.3, 0.4) is 0 Å². The van der Waals surface area contributed by atoms with E-state index < -0.39 is 30.4 Å². The second-order valence-corrected chi connectivity index (χ2v) is 5.31. The van der Waals surface area contributed by atoms with Crippen molar-refractivity contribution in [3.05, 3.63) is 29.8 Å². The third-order valence-corrected chi connectivity index (χ3v) is 3.80. The van der Waals surface area contributed by atoms with Gasteiger partial charge in [-0.1, -0.05) is 0 Å². The van der Waals surface area contributed by atoms with E-state index in [1.807, 2.05) is 0 Å². The maximum atomic E-state index is 12.2. The minimum atomic E-state index is -0.615. The van der Waals surface area contributed by atoms with Crippen molar-refractivity contribution in [2.75, 3.05) is 20.3 Å². The predicted octanol–water partition coefficient (Wildman–Crippen LogP) is 0.718. The zero-order valence-corrected chi connectivity index (χ0v) is 13.0. The van der Waals surface area contributed by atoms with E-state index in [0.717, 1.165) is 12.8 Å². The van der Waals surface area contributed by atoms with E-state index in [9.17, 15) is 14.4 Å². The summed E-state index contributed by atoms with van der Waals surface area (Å²) in [6.45, 7) is 0.0428. The van der Waals surface area contributed by atoms with Crippen LogP contribution in [0.1, 0.15) is 29.6 Å². The molecule has 1 aromatic rings. The number of benzene rings is 1. The molecule has 124 valence electrons. The van der Waals surface area contributed by atoms with Crippen LogP contribution >= 0.6 is 0 Å². The first kappa shape index (κ1) is 16.8. The Morgan fingerprint density at radius 3 is 2.52 bits per heavy atom. The smallest absolute Gasteiger partial charge is 0.338 e. The fourth-order valence-electron chi connectivity index (χ4n) is 2.55. The first-order valence-electron chi connectivity index (χ1n) is 7.43. The number of methoxy groups -OCH3 is 1. The monoisotopic (exact) mass is 320 g/mol. The second-order valence-electron chi connectivity index (χ2n) is 5.31. The van der Waals surface area contributed by atoms with Gasteiger partial charge in [-0.3, -0.25) is 9.59 Å². The number of rotatable bonds is 5. The van der Waals surface area contributed by atoms with Crippen LogP contribution in [0, 0.1) is 0 Å². The Bertz CT molecular complexity index is 585. The summed E-state index contributed by atoms with van der Waals surface area (Å²) in [5, 5.41) is 0. The minimum Gasteiger partial charge on any atom is -0.497 e. The number of primary amides is 1. The third kappa shape index (κ3) is 4.21. The molecule has 2 amide bonds. The zero-order valence-electron chi connectivity index (χ0n) is 13.0. The molecule has 0 aliphatic carbocycles. The molecule has 0 unspecified atom stereocenters. The number of carbonyl (C=O) groups excluding carboxylic acids is 3. The highest BCUT2D eigenvalue weighted by Gasteiger charge is 2.31. The molecule has 7 heteroatoms. The molecular formula is C16H20N2O5. The second kappa shape index (κ2) is 7.62. The first-order valence-corrected chi connectivity index (χ1v) is 7.43. The lowest BCUT2D eigenvalue weighted by Crippen LogP contribution is -2.51. The van der Waals surface area contributed by atoms with Crippen molar-refractivity contribution in [3.63, 3.8) is 0 Å². The largest absolute Gasteiger partial charge is 0.497 e. The van der Waals surface area contributed by atoms with Gasteiger partial charge in [0, 0.05) is 6.54 Å². The van der Waals surface area contributed by atoms with Crippen LogP contribution in [0.25, 0.3) is 0 Å². The van der Waals surface area contributed by atoms with Crippen LogP contribution < -0.4 is 10.5 Å². The molecule has 7 nitrogen and oxygen atoms in total. The normalized spacial score (nSPS) is 17.4. The molecule has 0 spiro atoms. The number of nitrogens with zero attached hydrogens (tertiary/aromatic N) is 1. The van der Waals surface area contributed by atoms with Gasteiger partial charge in [0.2, 0.25) is 5.91 Å². The minimum absolute atomic E-state index is 0.323. The van der Waals surface area contributed by atoms with Crippen molar-refractivity contribution >= 4 is 17.8 Å². The Hall–Kier alpha value is -2.57. The molecule has 0 radical (unpaired) electrons. The fraction of sp³-hybridized carbons (Fsp3) is 0.438. The van der Waals surface area contributed by atoms with E-state index in [1.54, 1.807) is 24.3 Å². The van der Waals surface area contributed by atoms with E-state index in [-0.39, 0.29) is 0 Å². The Labute approximate surface area is 134 Å². The third-order valence-electron chi connectivity index (χ3n) is 3.80. The molecule has 2 N–H and O–H groups in total. The number of hydrogen-bond donors (Lipinski definition) is 1. The topological polar surface area (TPSA) is 98.9 Å². The maximum Gasteiger partial charge on any atom is 0.338 e. The van der Waals surface area contributed by atoms with Gasteiger partial charge in [-0.2, -0.15) is 0 Å². The number of nitrogens with two attached hydrogens (primary N) is 1. The van der Waals surface area contributed by atoms with Crippen LogP contribution in [0.5, 0.6) is 5.75 Å². The number of carbonyl (C=O) groups is 3. The zero-order chi connectivity index (χ0) is 16.8.